The maximum absolute atomic E-state index is 11.6. The highest BCUT2D eigenvalue weighted by atomic mass is 16.6. The second-order valence-corrected chi connectivity index (χ2v) is 4.86. The molecule has 1 amide bonds. The zero-order valence-corrected chi connectivity index (χ0v) is 10.8. The number of nitro benzene ring substituents is 1. The number of alkyl carbamates (subject to hydrolysis) is 1. The van der Waals surface area contributed by atoms with Crippen LogP contribution in [0.3, 0.4) is 0 Å². The van der Waals surface area contributed by atoms with E-state index < -0.39 is 22.5 Å². The van der Waals surface area contributed by atoms with Gasteiger partial charge < -0.3 is 10.1 Å². The Kier molecular flexibility index (Phi) is 4.21. The Hall–Kier alpha value is -2.44. The Morgan fingerprint density at radius 1 is 1.21 bits per heavy atom. The minimum atomic E-state index is -0.865. The summed E-state index contributed by atoms with van der Waals surface area (Å²) in [6, 6.07) is 4.78. The van der Waals surface area contributed by atoms with Gasteiger partial charge in [-0.15, -0.1) is 0 Å². The Bertz CT molecular complexity index is 502. The highest BCUT2D eigenvalue weighted by Gasteiger charge is 2.19. The Morgan fingerprint density at radius 3 is 2.16 bits per heavy atom. The summed E-state index contributed by atoms with van der Waals surface area (Å²) >= 11 is 0. The number of nitro groups is 1. The van der Waals surface area contributed by atoms with Gasteiger partial charge in [0.2, 0.25) is 0 Å². The molecule has 19 heavy (non-hydrogen) atoms. The monoisotopic (exact) mass is 266 g/mol. The lowest BCUT2D eigenvalue weighted by molar-refractivity contribution is -0.384. The normalized spacial score (nSPS) is 10.7. The number of nitrogens with zero attached hydrogens (tertiary/aromatic N) is 1. The molecular formula is C12H14N2O5. The van der Waals surface area contributed by atoms with Crippen LogP contribution in [-0.2, 0) is 4.74 Å². The highest BCUT2D eigenvalue weighted by Crippen LogP contribution is 2.12. The van der Waals surface area contributed by atoms with E-state index in [-0.39, 0.29) is 11.3 Å². The summed E-state index contributed by atoms with van der Waals surface area (Å²) in [5.41, 5.74) is -0.599. The maximum Gasteiger partial charge on any atom is 0.415 e. The molecule has 0 radical (unpaired) electrons. The molecule has 0 heterocycles. The third-order valence-electron chi connectivity index (χ3n) is 1.98. The zero-order valence-electron chi connectivity index (χ0n) is 10.8. The number of benzene rings is 1. The van der Waals surface area contributed by atoms with Gasteiger partial charge >= 0.3 is 12.1 Å². The summed E-state index contributed by atoms with van der Waals surface area (Å²) in [4.78, 5) is 32.8. The zero-order chi connectivity index (χ0) is 14.6. The fourth-order valence-corrected chi connectivity index (χ4v) is 1.19. The fourth-order valence-electron chi connectivity index (χ4n) is 1.19. The summed E-state index contributed by atoms with van der Waals surface area (Å²) in [6.45, 7) is 5.22. The standard InChI is InChI=1S/C12H14N2O5/c1-12(2,3)13-11(16)19-10(15)8-4-6-9(7-5-8)14(17)18/h4-7H,1-3H3,(H,13,16). The van der Waals surface area contributed by atoms with E-state index in [0.29, 0.717) is 0 Å². The number of hydrogen-bond donors (Lipinski definition) is 1. The molecule has 0 aliphatic heterocycles. The van der Waals surface area contributed by atoms with Gasteiger partial charge in [0.1, 0.15) is 0 Å². The summed E-state index contributed by atoms with van der Waals surface area (Å²) < 4.78 is 4.55. The van der Waals surface area contributed by atoms with Crippen LogP contribution >= 0.6 is 0 Å². The van der Waals surface area contributed by atoms with E-state index in [1.807, 2.05) is 0 Å². The number of non-ortho nitro benzene ring substituents is 1. The number of carbonyl (C=O) groups excluding carboxylic acids is 2. The number of esters is 1. The lowest BCUT2D eigenvalue weighted by atomic mass is 10.1. The van der Waals surface area contributed by atoms with Crippen molar-refractivity contribution in [1.29, 1.82) is 0 Å². The van der Waals surface area contributed by atoms with Crippen LogP contribution in [0.1, 0.15) is 31.1 Å². The lowest BCUT2D eigenvalue weighted by Gasteiger charge is -2.19. The molecule has 0 bridgehead atoms. The summed E-state index contributed by atoms with van der Waals surface area (Å²) in [5, 5.41) is 12.9. The van der Waals surface area contributed by atoms with E-state index >= 15 is 0 Å². The van der Waals surface area contributed by atoms with Gasteiger partial charge in [0, 0.05) is 17.7 Å². The molecule has 1 aromatic carbocycles. The van der Waals surface area contributed by atoms with Crippen LogP contribution in [0.25, 0.3) is 0 Å². The molecule has 1 rings (SSSR count). The number of carbonyl (C=O) groups is 2. The van der Waals surface area contributed by atoms with Crippen molar-refractivity contribution in [2.75, 3.05) is 0 Å². The highest BCUT2D eigenvalue weighted by molar-refractivity contribution is 5.96. The smallest absolute Gasteiger partial charge is 0.373 e. The molecular weight excluding hydrogens is 252 g/mol. The second kappa shape index (κ2) is 5.47. The van der Waals surface area contributed by atoms with Gasteiger partial charge in [0.25, 0.3) is 5.69 Å². The van der Waals surface area contributed by atoms with Crippen LogP contribution < -0.4 is 5.32 Å². The molecule has 0 spiro atoms. The Balaban J connectivity index is 2.68. The van der Waals surface area contributed by atoms with Crippen molar-refractivity contribution in [2.24, 2.45) is 0 Å². The van der Waals surface area contributed by atoms with Gasteiger partial charge in [-0.25, -0.2) is 9.59 Å². The number of amides is 1. The summed E-state index contributed by atoms with van der Waals surface area (Å²) in [7, 11) is 0. The predicted octanol–water partition coefficient (Wildman–Crippen LogP) is 2.26. The SMILES string of the molecule is CC(C)(C)NC(=O)OC(=O)c1ccc([N+](=O)[O-])cc1. The van der Waals surface area contributed by atoms with Gasteiger partial charge in [-0.1, -0.05) is 0 Å². The van der Waals surface area contributed by atoms with E-state index in [4.69, 9.17) is 0 Å². The third-order valence-corrected chi connectivity index (χ3v) is 1.98. The molecule has 102 valence electrons. The number of ether oxygens (including phenoxy) is 1. The molecule has 0 fully saturated rings. The van der Waals surface area contributed by atoms with Crippen LogP contribution in [0, 0.1) is 10.1 Å². The van der Waals surface area contributed by atoms with Crippen LogP contribution in [0.5, 0.6) is 0 Å². The van der Waals surface area contributed by atoms with Crippen LogP contribution in [-0.4, -0.2) is 22.5 Å². The molecule has 0 atom stereocenters. The molecule has 0 aromatic heterocycles. The fraction of sp³-hybridized carbons (Fsp3) is 0.333. The summed E-state index contributed by atoms with van der Waals surface area (Å²) in [5.74, 6) is -0.864. The average molecular weight is 266 g/mol. The average Bonchev–Trinajstić information content (AvgIpc) is 2.26. The summed E-state index contributed by atoms with van der Waals surface area (Å²) in [6.07, 6.45) is -0.865. The first-order valence-corrected chi connectivity index (χ1v) is 5.48. The molecule has 7 nitrogen and oxygen atoms in total. The largest absolute Gasteiger partial charge is 0.415 e. The van der Waals surface area contributed by atoms with Crippen LogP contribution in [0.15, 0.2) is 24.3 Å². The number of hydrogen-bond acceptors (Lipinski definition) is 5. The van der Waals surface area contributed by atoms with E-state index in [1.165, 1.54) is 12.1 Å². The van der Waals surface area contributed by atoms with Crippen molar-refractivity contribution in [1.82, 2.24) is 5.32 Å². The molecule has 1 aromatic rings. The molecule has 7 heteroatoms. The van der Waals surface area contributed by atoms with Gasteiger partial charge in [-0.05, 0) is 32.9 Å². The molecule has 0 saturated heterocycles. The van der Waals surface area contributed by atoms with E-state index in [0.717, 1.165) is 12.1 Å². The van der Waals surface area contributed by atoms with E-state index in [1.54, 1.807) is 20.8 Å². The molecule has 1 N–H and O–H groups in total. The van der Waals surface area contributed by atoms with Crippen molar-refractivity contribution in [3.05, 3.63) is 39.9 Å². The van der Waals surface area contributed by atoms with Crippen molar-refractivity contribution in [2.45, 2.75) is 26.3 Å². The van der Waals surface area contributed by atoms with Crippen molar-refractivity contribution >= 4 is 17.7 Å². The third kappa shape index (κ3) is 4.74. The van der Waals surface area contributed by atoms with Gasteiger partial charge in [-0.3, -0.25) is 10.1 Å². The van der Waals surface area contributed by atoms with Crippen LogP contribution in [0.2, 0.25) is 0 Å². The van der Waals surface area contributed by atoms with Crippen molar-refractivity contribution in [3.63, 3.8) is 0 Å². The molecule has 0 aliphatic rings. The van der Waals surface area contributed by atoms with Crippen molar-refractivity contribution < 1.29 is 19.2 Å². The van der Waals surface area contributed by atoms with Gasteiger partial charge in [-0.2, -0.15) is 0 Å². The Labute approximate surface area is 109 Å². The van der Waals surface area contributed by atoms with Crippen LogP contribution in [0.4, 0.5) is 10.5 Å². The molecule has 0 saturated carbocycles. The van der Waals surface area contributed by atoms with Gasteiger partial charge in [0.05, 0.1) is 10.5 Å². The lowest BCUT2D eigenvalue weighted by Crippen LogP contribution is -2.41. The van der Waals surface area contributed by atoms with E-state index in [9.17, 15) is 19.7 Å². The number of nitrogens with one attached hydrogen (secondary N) is 1. The molecule has 0 unspecified atom stereocenters. The predicted molar refractivity (Wildman–Crippen MR) is 66.8 cm³/mol. The first kappa shape index (κ1) is 14.6. The maximum atomic E-state index is 11.6. The molecule has 0 aliphatic carbocycles. The topological polar surface area (TPSA) is 98.5 Å². The van der Waals surface area contributed by atoms with Crippen molar-refractivity contribution in [3.8, 4) is 0 Å². The Morgan fingerprint density at radius 2 is 1.74 bits per heavy atom. The first-order valence-electron chi connectivity index (χ1n) is 5.48. The number of rotatable bonds is 2. The quantitative estimate of drug-likeness (QED) is 0.383. The minimum Gasteiger partial charge on any atom is -0.373 e. The second-order valence-electron chi connectivity index (χ2n) is 4.86. The minimum absolute atomic E-state index is 0.0645. The van der Waals surface area contributed by atoms with E-state index in [2.05, 4.69) is 10.1 Å². The first-order chi connectivity index (χ1) is 8.69. The van der Waals surface area contributed by atoms with Gasteiger partial charge in [0.15, 0.2) is 0 Å².